The summed E-state index contributed by atoms with van der Waals surface area (Å²) in [6.45, 7) is 1.90. The third-order valence-corrected chi connectivity index (χ3v) is 6.57. The summed E-state index contributed by atoms with van der Waals surface area (Å²) in [5, 5.41) is 0. The molecule has 4 rings (SSSR count). The van der Waals surface area contributed by atoms with Gasteiger partial charge in [-0.25, -0.2) is 22.4 Å². The van der Waals surface area contributed by atoms with Gasteiger partial charge in [0.15, 0.2) is 17.1 Å². The van der Waals surface area contributed by atoms with Crippen LogP contribution in [0.3, 0.4) is 0 Å². The lowest BCUT2D eigenvalue weighted by Gasteiger charge is -2.14. The average Bonchev–Trinajstić information content (AvgIpc) is 3.22. The van der Waals surface area contributed by atoms with E-state index < -0.39 is 10.0 Å². The largest absolute Gasteiger partial charge is 0.493 e. The molecule has 0 aliphatic heterocycles. The van der Waals surface area contributed by atoms with Crippen LogP contribution >= 0.6 is 0 Å². The van der Waals surface area contributed by atoms with Crippen molar-refractivity contribution in [1.82, 2.24) is 13.9 Å². The molecule has 0 saturated heterocycles. The second-order valence-electron chi connectivity index (χ2n) is 6.81. The smallest absolute Gasteiger partial charge is 0.269 e. The molecule has 0 unspecified atom stereocenters. The van der Waals surface area contributed by atoms with Crippen molar-refractivity contribution in [2.75, 3.05) is 21.3 Å². The van der Waals surface area contributed by atoms with Gasteiger partial charge in [0, 0.05) is 11.8 Å². The van der Waals surface area contributed by atoms with Gasteiger partial charge in [0.2, 0.25) is 5.75 Å². The zero-order valence-electron chi connectivity index (χ0n) is 17.5. The lowest BCUT2D eigenvalue weighted by Crippen LogP contribution is -2.12. The summed E-state index contributed by atoms with van der Waals surface area (Å²) >= 11 is 0. The van der Waals surface area contributed by atoms with Crippen LogP contribution in [0.1, 0.15) is 5.56 Å². The Kier molecular flexibility index (Phi) is 5.28. The second-order valence-corrected chi connectivity index (χ2v) is 8.62. The van der Waals surface area contributed by atoms with Crippen molar-refractivity contribution in [3.63, 3.8) is 0 Å². The number of rotatable bonds is 6. The number of nitrogens with zero attached hydrogens (tertiary/aromatic N) is 3. The molecule has 8 nitrogen and oxygen atoms in total. The fourth-order valence-electron chi connectivity index (χ4n) is 3.27. The SMILES string of the molecule is COc1cc(-c2cnc3c(ccn3S(=O)(=O)c3ccc(C)cc3)n2)cc(OC)c1OC. The van der Waals surface area contributed by atoms with Gasteiger partial charge >= 0.3 is 0 Å². The Morgan fingerprint density at radius 2 is 1.55 bits per heavy atom. The highest BCUT2D eigenvalue weighted by Gasteiger charge is 2.21. The molecule has 2 aromatic carbocycles. The van der Waals surface area contributed by atoms with Gasteiger partial charge in [-0.2, -0.15) is 0 Å². The average molecular weight is 439 g/mol. The van der Waals surface area contributed by atoms with Crippen molar-refractivity contribution >= 4 is 21.2 Å². The van der Waals surface area contributed by atoms with Crippen molar-refractivity contribution in [3.8, 4) is 28.5 Å². The number of hydrogen-bond acceptors (Lipinski definition) is 7. The van der Waals surface area contributed by atoms with Crippen LogP contribution in [-0.2, 0) is 10.0 Å². The molecular weight excluding hydrogens is 418 g/mol. The molecule has 0 aliphatic carbocycles. The molecule has 0 amide bonds. The summed E-state index contributed by atoms with van der Waals surface area (Å²) in [6.07, 6.45) is 2.98. The van der Waals surface area contributed by atoms with Crippen LogP contribution in [-0.4, -0.2) is 43.7 Å². The Hall–Kier alpha value is -3.59. The van der Waals surface area contributed by atoms with Crippen molar-refractivity contribution in [2.24, 2.45) is 0 Å². The Balaban J connectivity index is 1.81. The number of fused-ring (bicyclic) bond motifs is 1. The van der Waals surface area contributed by atoms with Gasteiger partial charge in [0.1, 0.15) is 5.52 Å². The summed E-state index contributed by atoms with van der Waals surface area (Å²) in [7, 11) is 0.809. The van der Waals surface area contributed by atoms with Crippen molar-refractivity contribution in [2.45, 2.75) is 11.8 Å². The predicted molar refractivity (Wildman–Crippen MR) is 116 cm³/mol. The summed E-state index contributed by atoms with van der Waals surface area (Å²) < 4.78 is 43.4. The highest BCUT2D eigenvalue weighted by molar-refractivity contribution is 7.90. The molecule has 0 atom stereocenters. The van der Waals surface area contributed by atoms with E-state index in [1.165, 1.54) is 33.7 Å². The lowest BCUT2D eigenvalue weighted by molar-refractivity contribution is 0.324. The molecule has 0 aliphatic rings. The summed E-state index contributed by atoms with van der Waals surface area (Å²) in [5.41, 5.74) is 2.90. The Morgan fingerprint density at radius 1 is 0.903 bits per heavy atom. The van der Waals surface area contributed by atoms with Crippen molar-refractivity contribution in [1.29, 1.82) is 0 Å². The van der Waals surface area contributed by atoms with Crippen LogP contribution in [0.25, 0.3) is 22.4 Å². The van der Waals surface area contributed by atoms with Crippen LogP contribution in [0.15, 0.2) is 59.8 Å². The minimum Gasteiger partial charge on any atom is -0.493 e. The Bertz CT molecular complexity index is 1340. The lowest BCUT2D eigenvalue weighted by atomic mass is 10.1. The predicted octanol–water partition coefficient (Wildman–Crippen LogP) is 3.67. The van der Waals surface area contributed by atoms with E-state index in [1.807, 2.05) is 6.92 Å². The summed E-state index contributed by atoms with van der Waals surface area (Å²) in [6, 6.07) is 11.8. The summed E-state index contributed by atoms with van der Waals surface area (Å²) in [5.74, 6) is 1.44. The zero-order chi connectivity index (χ0) is 22.2. The Morgan fingerprint density at radius 3 is 2.13 bits per heavy atom. The highest BCUT2D eigenvalue weighted by Crippen LogP contribution is 2.40. The van der Waals surface area contributed by atoms with E-state index in [0.717, 1.165) is 9.54 Å². The molecule has 0 N–H and O–H groups in total. The number of hydrogen-bond donors (Lipinski definition) is 0. The minimum atomic E-state index is -3.79. The van der Waals surface area contributed by atoms with Gasteiger partial charge in [-0.05, 0) is 37.3 Å². The first-order valence-electron chi connectivity index (χ1n) is 9.35. The number of methoxy groups -OCH3 is 3. The molecule has 0 spiro atoms. The summed E-state index contributed by atoms with van der Waals surface area (Å²) in [4.78, 5) is 9.17. The molecule has 160 valence electrons. The quantitative estimate of drug-likeness (QED) is 0.453. The molecule has 4 aromatic rings. The zero-order valence-corrected chi connectivity index (χ0v) is 18.3. The topological polar surface area (TPSA) is 92.5 Å². The maximum absolute atomic E-state index is 13.1. The van der Waals surface area contributed by atoms with Crippen molar-refractivity contribution in [3.05, 3.63) is 60.4 Å². The molecule has 31 heavy (non-hydrogen) atoms. The standard InChI is InChI=1S/C22H21N3O5S/c1-14-5-7-16(8-6-14)31(26,27)25-10-9-17-22(25)23-13-18(24-17)15-11-19(28-2)21(30-4)20(12-15)29-3/h5-13H,1-4H3. The van der Waals surface area contributed by atoms with Gasteiger partial charge in [0.05, 0.1) is 38.1 Å². The van der Waals surface area contributed by atoms with Crippen molar-refractivity contribution < 1.29 is 22.6 Å². The molecule has 2 aromatic heterocycles. The third kappa shape index (κ3) is 3.57. The van der Waals surface area contributed by atoms with Crippen LogP contribution in [0, 0.1) is 6.92 Å². The van der Waals surface area contributed by atoms with E-state index in [0.29, 0.717) is 34.0 Å². The van der Waals surface area contributed by atoms with E-state index in [2.05, 4.69) is 9.97 Å². The molecule has 0 bridgehead atoms. The normalized spacial score (nSPS) is 11.5. The maximum atomic E-state index is 13.1. The first-order valence-corrected chi connectivity index (χ1v) is 10.8. The maximum Gasteiger partial charge on any atom is 0.269 e. The van der Waals surface area contributed by atoms with E-state index >= 15 is 0 Å². The van der Waals surface area contributed by atoms with Gasteiger partial charge in [-0.15, -0.1) is 0 Å². The van der Waals surface area contributed by atoms with E-state index in [9.17, 15) is 8.42 Å². The van der Waals surface area contributed by atoms with Crippen LogP contribution in [0.2, 0.25) is 0 Å². The Labute approximate surface area is 180 Å². The number of benzene rings is 2. The van der Waals surface area contributed by atoms with Gasteiger partial charge in [-0.1, -0.05) is 17.7 Å². The second kappa shape index (κ2) is 7.92. The van der Waals surface area contributed by atoms with E-state index in [1.54, 1.807) is 42.5 Å². The highest BCUT2D eigenvalue weighted by atomic mass is 32.2. The van der Waals surface area contributed by atoms with Crippen LogP contribution in [0.4, 0.5) is 0 Å². The number of ether oxygens (including phenoxy) is 3. The number of aromatic nitrogens is 3. The monoisotopic (exact) mass is 439 g/mol. The van der Waals surface area contributed by atoms with Gasteiger partial charge < -0.3 is 14.2 Å². The van der Waals surface area contributed by atoms with Gasteiger partial charge in [0.25, 0.3) is 10.0 Å². The molecule has 0 saturated carbocycles. The first kappa shape index (κ1) is 20.7. The third-order valence-electron chi connectivity index (χ3n) is 4.89. The van der Waals surface area contributed by atoms with Gasteiger partial charge in [-0.3, -0.25) is 0 Å². The fraction of sp³-hybridized carbons (Fsp3) is 0.182. The molecule has 0 fully saturated rings. The van der Waals surface area contributed by atoms with Crippen LogP contribution in [0.5, 0.6) is 17.2 Å². The molecular formula is C22H21N3O5S. The molecule has 9 heteroatoms. The minimum absolute atomic E-state index is 0.186. The van der Waals surface area contributed by atoms with E-state index in [-0.39, 0.29) is 10.5 Å². The fourth-order valence-corrected chi connectivity index (χ4v) is 4.57. The van der Waals surface area contributed by atoms with Crippen LogP contribution < -0.4 is 14.2 Å². The first-order chi connectivity index (χ1) is 14.9. The molecule has 0 radical (unpaired) electrons. The van der Waals surface area contributed by atoms with E-state index in [4.69, 9.17) is 14.2 Å². The molecule has 2 heterocycles. The number of aryl methyl sites for hydroxylation is 1.